The third-order valence-corrected chi connectivity index (χ3v) is 2.89. The Morgan fingerprint density at radius 3 is 2.67 bits per heavy atom. The van der Waals surface area contributed by atoms with Crippen LogP contribution < -0.4 is 10.2 Å². The molecule has 1 fully saturated rings. The number of anilines is 2. The van der Waals surface area contributed by atoms with E-state index in [2.05, 4.69) is 32.1 Å². The quantitative estimate of drug-likeness (QED) is 0.762. The summed E-state index contributed by atoms with van der Waals surface area (Å²) in [5.74, 6) is 0.348. The smallest absolute Gasteiger partial charge is 0.322 e. The fourth-order valence-corrected chi connectivity index (χ4v) is 1.86. The molecule has 1 aliphatic heterocycles. The van der Waals surface area contributed by atoms with Gasteiger partial charge in [-0.1, -0.05) is 0 Å². The van der Waals surface area contributed by atoms with Crippen molar-refractivity contribution in [2.75, 3.05) is 50.0 Å². The van der Waals surface area contributed by atoms with Gasteiger partial charge in [-0.15, -0.1) is 0 Å². The first-order valence-corrected chi connectivity index (χ1v) is 5.87. The van der Waals surface area contributed by atoms with Crippen molar-refractivity contribution in [3.63, 3.8) is 0 Å². The first-order valence-electron chi connectivity index (χ1n) is 5.87. The van der Waals surface area contributed by atoms with Gasteiger partial charge in [0.1, 0.15) is 6.54 Å². The van der Waals surface area contributed by atoms with E-state index in [1.807, 2.05) is 0 Å². The number of nitrogens with zero attached hydrogens (tertiary/aromatic N) is 4. The number of piperazine rings is 1. The van der Waals surface area contributed by atoms with Gasteiger partial charge in [0.25, 0.3) is 0 Å². The van der Waals surface area contributed by atoms with Gasteiger partial charge in [0.2, 0.25) is 0 Å². The van der Waals surface area contributed by atoms with Gasteiger partial charge in [-0.2, -0.15) is 0 Å². The van der Waals surface area contributed by atoms with Gasteiger partial charge in [-0.25, -0.2) is 9.97 Å². The molecule has 7 nitrogen and oxygen atoms in total. The molecule has 0 amide bonds. The number of carboxylic acid groups (broad SMARTS) is 1. The predicted octanol–water partition coefficient (Wildman–Crippen LogP) is -0.275. The van der Waals surface area contributed by atoms with Crippen LogP contribution >= 0.6 is 0 Å². The van der Waals surface area contributed by atoms with Crippen LogP contribution in [0.5, 0.6) is 0 Å². The molecule has 1 aromatic heterocycles. The molecule has 0 atom stereocenters. The molecule has 18 heavy (non-hydrogen) atoms. The maximum absolute atomic E-state index is 10.6. The average Bonchev–Trinajstić information content (AvgIpc) is 2.38. The summed E-state index contributed by atoms with van der Waals surface area (Å²) in [4.78, 5) is 23.4. The Kier molecular flexibility index (Phi) is 3.93. The average molecular weight is 251 g/mol. The molecule has 0 saturated carbocycles. The third-order valence-electron chi connectivity index (χ3n) is 2.89. The zero-order valence-electron chi connectivity index (χ0n) is 10.3. The second-order valence-electron chi connectivity index (χ2n) is 4.27. The monoisotopic (exact) mass is 251 g/mol. The maximum atomic E-state index is 10.6. The van der Waals surface area contributed by atoms with Gasteiger partial charge in [0.05, 0.1) is 0 Å². The van der Waals surface area contributed by atoms with E-state index in [0.29, 0.717) is 5.82 Å². The Hall–Kier alpha value is -1.89. The van der Waals surface area contributed by atoms with Crippen molar-refractivity contribution in [3.05, 3.63) is 12.4 Å². The summed E-state index contributed by atoms with van der Waals surface area (Å²) in [6.45, 7) is 3.53. The van der Waals surface area contributed by atoms with Gasteiger partial charge < -0.3 is 20.2 Å². The molecule has 2 rings (SSSR count). The van der Waals surface area contributed by atoms with Crippen LogP contribution in [-0.4, -0.2) is 65.7 Å². The molecule has 2 N–H and O–H groups in total. The van der Waals surface area contributed by atoms with Crippen LogP contribution in [0.3, 0.4) is 0 Å². The zero-order valence-corrected chi connectivity index (χ0v) is 10.3. The number of carboxylic acids is 1. The van der Waals surface area contributed by atoms with Crippen molar-refractivity contribution in [1.82, 2.24) is 14.9 Å². The first kappa shape index (κ1) is 12.6. The number of rotatable bonds is 4. The van der Waals surface area contributed by atoms with Crippen LogP contribution in [0.15, 0.2) is 12.4 Å². The minimum absolute atomic E-state index is 0.153. The molecule has 0 aromatic carbocycles. The summed E-state index contributed by atoms with van der Waals surface area (Å²) < 4.78 is 0. The molecule has 0 aliphatic carbocycles. The first-order chi connectivity index (χ1) is 8.66. The number of hydrogen-bond acceptors (Lipinski definition) is 6. The highest BCUT2D eigenvalue weighted by Gasteiger charge is 2.18. The molecule has 0 spiro atoms. The molecule has 1 aromatic rings. The Bertz CT molecular complexity index is 418. The van der Waals surface area contributed by atoms with E-state index in [1.54, 1.807) is 12.4 Å². The van der Waals surface area contributed by atoms with Crippen LogP contribution in [0.1, 0.15) is 0 Å². The summed E-state index contributed by atoms with van der Waals surface area (Å²) in [6, 6.07) is 0. The molecule has 1 saturated heterocycles. The Morgan fingerprint density at radius 2 is 2.00 bits per heavy atom. The third kappa shape index (κ3) is 3.07. The van der Waals surface area contributed by atoms with E-state index in [9.17, 15) is 4.79 Å². The lowest BCUT2D eigenvalue weighted by atomic mass is 10.3. The van der Waals surface area contributed by atoms with E-state index < -0.39 is 5.97 Å². The predicted molar refractivity (Wildman–Crippen MR) is 67.9 cm³/mol. The lowest BCUT2D eigenvalue weighted by molar-refractivity contribution is -0.134. The SMILES string of the molecule is CN1CCN(c2nccnc2NCC(=O)O)CC1. The highest BCUT2D eigenvalue weighted by molar-refractivity contribution is 5.74. The minimum atomic E-state index is -0.912. The summed E-state index contributed by atoms with van der Waals surface area (Å²) in [5.41, 5.74) is 0. The molecule has 1 aliphatic rings. The Morgan fingerprint density at radius 1 is 1.33 bits per heavy atom. The topological polar surface area (TPSA) is 81.6 Å². The van der Waals surface area contributed by atoms with Gasteiger partial charge in [0, 0.05) is 38.6 Å². The summed E-state index contributed by atoms with van der Waals surface area (Å²) in [5, 5.41) is 11.5. The van der Waals surface area contributed by atoms with E-state index in [-0.39, 0.29) is 6.54 Å². The van der Waals surface area contributed by atoms with Gasteiger partial charge >= 0.3 is 5.97 Å². The fourth-order valence-electron chi connectivity index (χ4n) is 1.86. The number of nitrogens with one attached hydrogen (secondary N) is 1. The second-order valence-corrected chi connectivity index (χ2v) is 4.27. The zero-order chi connectivity index (χ0) is 13.0. The minimum Gasteiger partial charge on any atom is -0.480 e. The maximum Gasteiger partial charge on any atom is 0.322 e. The number of aromatic nitrogens is 2. The summed E-state index contributed by atoms with van der Waals surface area (Å²) in [6.07, 6.45) is 3.18. The second kappa shape index (κ2) is 5.63. The normalized spacial score (nSPS) is 16.6. The van der Waals surface area contributed by atoms with Gasteiger partial charge in [-0.05, 0) is 7.05 Å². The Balaban J connectivity index is 2.09. The lowest BCUT2D eigenvalue weighted by Gasteiger charge is -2.33. The highest BCUT2D eigenvalue weighted by atomic mass is 16.4. The number of carbonyl (C=O) groups is 1. The van der Waals surface area contributed by atoms with E-state index >= 15 is 0 Å². The fraction of sp³-hybridized carbons (Fsp3) is 0.545. The van der Waals surface area contributed by atoms with Crippen molar-refractivity contribution in [3.8, 4) is 0 Å². The van der Waals surface area contributed by atoms with Crippen LogP contribution in [0.2, 0.25) is 0 Å². The molecule has 0 unspecified atom stereocenters. The molecule has 0 radical (unpaired) electrons. The number of aliphatic carboxylic acids is 1. The van der Waals surface area contributed by atoms with Crippen molar-refractivity contribution < 1.29 is 9.90 Å². The molecule has 7 heteroatoms. The van der Waals surface area contributed by atoms with Crippen LogP contribution in [0, 0.1) is 0 Å². The van der Waals surface area contributed by atoms with Gasteiger partial charge in [0.15, 0.2) is 11.6 Å². The molecular formula is C11H17N5O2. The lowest BCUT2D eigenvalue weighted by Crippen LogP contribution is -2.45. The van der Waals surface area contributed by atoms with Crippen LogP contribution in [-0.2, 0) is 4.79 Å². The van der Waals surface area contributed by atoms with Crippen LogP contribution in [0.4, 0.5) is 11.6 Å². The van der Waals surface area contributed by atoms with Crippen molar-refractivity contribution in [1.29, 1.82) is 0 Å². The molecule has 2 heterocycles. The Labute approximate surface area is 105 Å². The summed E-state index contributed by atoms with van der Waals surface area (Å²) >= 11 is 0. The number of hydrogen-bond donors (Lipinski definition) is 2. The van der Waals surface area contributed by atoms with E-state index in [4.69, 9.17) is 5.11 Å². The molecular weight excluding hydrogens is 234 g/mol. The van der Waals surface area contributed by atoms with Crippen molar-refractivity contribution in [2.24, 2.45) is 0 Å². The summed E-state index contributed by atoms with van der Waals surface area (Å²) in [7, 11) is 2.08. The van der Waals surface area contributed by atoms with Crippen molar-refractivity contribution >= 4 is 17.6 Å². The largest absolute Gasteiger partial charge is 0.480 e. The highest BCUT2D eigenvalue weighted by Crippen LogP contribution is 2.20. The van der Waals surface area contributed by atoms with E-state index in [1.165, 1.54) is 0 Å². The van der Waals surface area contributed by atoms with Crippen molar-refractivity contribution in [2.45, 2.75) is 0 Å². The van der Waals surface area contributed by atoms with Crippen LogP contribution in [0.25, 0.3) is 0 Å². The standard InChI is InChI=1S/C11H17N5O2/c1-15-4-6-16(7-5-15)11-10(12-2-3-13-11)14-8-9(17)18/h2-3H,4-8H2,1H3,(H,12,14)(H,17,18). The molecule has 0 bridgehead atoms. The van der Waals surface area contributed by atoms with Gasteiger partial charge in [-0.3, -0.25) is 4.79 Å². The van der Waals surface area contributed by atoms with E-state index in [0.717, 1.165) is 32.0 Å². The number of likely N-dealkylation sites (N-methyl/N-ethyl adjacent to an activating group) is 1. The molecule has 98 valence electrons.